The molecule has 0 N–H and O–H groups in total. The summed E-state index contributed by atoms with van der Waals surface area (Å²) in [5.41, 5.74) is 1.10. The van der Waals surface area contributed by atoms with Gasteiger partial charge >= 0.3 is 0 Å². The maximum Gasteiger partial charge on any atom is 0.221 e. The summed E-state index contributed by atoms with van der Waals surface area (Å²) < 4.78 is 6.02. The first-order valence-corrected chi connectivity index (χ1v) is 8.43. The summed E-state index contributed by atoms with van der Waals surface area (Å²) in [6, 6.07) is 10.6. The van der Waals surface area contributed by atoms with Crippen LogP contribution in [-0.2, 0) is 6.42 Å². The Labute approximate surface area is 138 Å². The van der Waals surface area contributed by atoms with Gasteiger partial charge in [-0.25, -0.2) is 4.98 Å². The fraction of sp³-hybridized carbons (Fsp3) is 0.500. The SMILES string of the molecule is CCCCc1cc2ccccc2c(OCC(CCl)N(C)C)n1. The molecule has 120 valence electrons. The molecule has 0 radical (unpaired) electrons. The van der Waals surface area contributed by atoms with E-state index in [2.05, 4.69) is 36.1 Å². The molecular weight excluding hydrogens is 296 g/mol. The summed E-state index contributed by atoms with van der Waals surface area (Å²) in [5, 5.41) is 2.25. The Morgan fingerprint density at radius 3 is 2.73 bits per heavy atom. The average Bonchev–Trinajstić information content (AvgIpc) is 2.53. The lowest BCUT2D eigenvalue weighted by atomic mass is 10.1. The Morgan fingerprint density at radius 2 is 2.05 bits per heavy atom. The van der Waals surface area contributed by atoms with Crippen molar-refractivity contribution in [3.05, 3.63) is 36.0 Å². The number of likely N-dealkylation sites (N-methyl/N-ethyl adjacent to an activating group) is 1. The number of ether oxygens (including phenoxy) is 1. The third-order valence-corrected chi connectivity index (χ3v) is 4.22. The molecule has 0 aliphatic rings. The van der Waals surface area contributed by atoms with E-state index in [1.165, 1.54) is 11.8 Å². The van der Waals surface area contributed by atoms with E-state index in [9.17, 15) is 0 Å². The largest absolute Gasteiger partial charge is 0.476 e. The number of aromatic nitrogens is 1. The van der Waals surface area contributed by atoms with Crippen LogP contribution >= 0.6 is 11.6 Å². The summed E-state index contributed by atoms with van der Waals surface area (Å²) in [6.07, 6.45) is 3.30. The summed E-state index contributed by atoms with van der Waals surface area (Å²) in [7, 11) is 4.03. The molecule has 22 heavy (non-hydrogen) atoms. The van der Waals surface area contributed by atoms with Crippen molar-refractivity contribution in [2.24, 2.45) is 0 Å². The second-order valence-corrected chi connectivity index (χ2v) is 6.13. The van der Waals surface area contributed by atoms with Crippen LogP contribution in [0.25, 0.3) is 10.8 Å². The number of pyridine rings is 1. The minimum atomic E-state index is 0.182. The smallest absolute Gasteiger partial charge is 0.221 e. The van der Waals surface area contributed by atoms with E-state index >= 15 is 0 Å². The molecule has 2 aromatic rings. The lowest BCUT2D eigenvalue weighted by Crippen LogP contribution is -2.35. The van der Waals surface area contributed by atoms with Crippen LogP contribution in [-0.4, -0.2) is 42.5 Å². The second kappa shape index (κ2) is 8.35. The maximum atomic E-state index is 6.02. The van der Waals surface area contributed by atoms with Crippen LogP contribution in [0, 0.1) is 0 Å². The standard InChI is InChI=1S/C18H25ClN2O/c1-4-5-9-15-11-14-8-6-7-10-17(14)18(20-15)22-13-16(12-19)21(2)3/h6-8,10-11,16H,4-5,9,12-13H2,1-3H3. The molecule has 0 aliphatic carbocycles. The van der Waals surface area contributed by atoms with Crippen molar-refractivity contribution in [2.45, 2.75) is 32.2 Å². The number of unbranched alkanes of at least 4 members (excludes halogenated alkanes) is 1. The Morgan fingerprint density at radius 1 is 1.27 bits per heavy atom. The zero-order valence-electron chi connectivity index (χ0n) is 13.7. The topological polar surface area (TPSA) is 25.4 Å². The summed E-state index contributed by atoms with van der Waals surface area (Å²) in [6.45, 7) is 2.74. The lowest BCUT2D eigenvalue weighted by molar-refractivity contribution is 0.197. The number of nitrogens with zero attached hydrogens (tertiary/aromatic N) is 2. The summed E-state index contributed by atoms with van der Waals surface area (Å²) >= 11 is 6.00. The molecule has 0 aliphatic heterocycles. The van der Waals surface area contributed by atoms with Gasteiger partial charge in [-0.2, -0.15) is 0 Å². The van der Waals surface area contributed by atoms with Crippen molar-refractivity contribution in [3.8, 4) is 5.88 Å². The van der Waals surface area contributed by atoms with E-state index in [1.54, 1.807) is 0 Å². The highest BCUT2D eigenvalue weighted by Crippen LogP contribution is 2.25. The molecule has 1 aromatic heterocycles. The molecule has 0 bridgehead atoms. The number of hydrogen-bond acceptors (Lipinski definition) is 3. The van der Waals surface area contributed by atoms with Crippen LogP contribution < -0.4 is 4.74 Å². The first-order valence-electron chi connectivity index (χ1n) is 7.89. The van der Waals surface area contributed by atoms with Crippen LogP contribution in [0.2, 0.25) is 0 Å². The van der Waals surface area contributed by atoms with Gasteiger partial charge < -0.3 is 9.64 Å². The van der Waals surface area contributed by atoms with Gasteiger partial charge in [0.1, 0.15) is 6.61 Å². The van der Waals surface area contributed by atoms with E-state index in [0.717, 1.165) is 29.8 Å². The number of benzene rings is 1. The molecular formula is C18H25ClN2O. The van der Waals surface area contributed by atoms with Crippen molar-refractivity contribution < 1.29 is 4.74 Å². The van der Waals surface area contributed by atoms with Gasteiger partial charge in [-0.05, 0) is 44.5 Å². The molecule has 0 spiro atoms. The fourth-order valence-corrected chi connectivity index (χ4v) is 2.69. The minimum absolute atomic E-state index is 0.182. The highest BCUT2D eigenvalue weighted by Gasteiger charge is 2.13. The van der Waals surface area contributed by atoms with Gasteiger partial charge in [0.05, 0.1) is 6.04 Å². The van der Waals surface area contributed by atoms with Gasteiger partial charge in [0.2, 0.25) is 5.88 Å². The molecule has 1 atom stereocenters. The Bertz CT molecular complexity index is 601. The van der Waals surface area contributed by atoms with Crippen LogP contribution in [0.1, 0.15) is 25.5 Å². The molecule has 3 nitrogen and oxygen atoms in total. The van der Waals surface area contributed by atoms with E-state index < -0.39 is 0 Å². The quantitative estimate of drug-likeness (QED) is 0.684. The predicted octanol–water partition coefficient (Wildman–Crippen LogP) is 4.13. The van der Waals surface area contributed by atoms with Crippen molar-refractivity contribution in [1.29, 1.82) is 0 Å². The predicted molar refractivity (Wildman–Crippen MR) is 94.0 cm³/mol. The Hall–Kier alpha value is -1.32. The van der Waals surface area contributed by atoms with Gasteiger partial charge in [0, 0.05) is 17.0 Å². The van der Waals surface area contributed by atoms with Crippen LogP contribution in [0.5, 0.6) is 5.88 Å². The molecule has 0 amide bonds. The number of halogens is 1. The summed E-state index contributed by atoms with van der Waals surface area (Å²) in [4.78, 5) is 6.80. The number of hydrogen-bond donors (Lipinski definition) is 0. The third kappa shape index (κ3) is 4.34. The van der Waals surface area contributed by atoms with Crippen LogP contribution in [0.15, 0.2) is 30.3 Å². The summed E-state index contributed by atoms with van der Waals surface area (Å²) in [5.74, 6) is 1.27. The van der Waals surface area contributed by atoms with Crippen molar-refractivity contribution >= 4 is 22.4 Å². The van der Waals surface area contributed by atoms with Gasteiger partial charge in [0.25, 0.3) is 0 Å². The highest BCUT2D eigenvalue weighted by molar-refractivity contribution is 6.18. The second-order valence-electron chi connectivity index (χ2n) is 5.83. The van der Waals surface area contributed by atoms with Crippen molar-refractivity contribution in [2.75, 3.05) is 26.6 Å². The third-order valence-electron chi connectivity index (χ3n) is 3.87. The van der Waals surface area contributed by atoms with Gasteiger partial charge in [-0.3, -0.25) is 0 Å². The van der Waals surface area contributed by atoms with Gasteiger partial charge in [-0.15, -0.1) is 11.6 Å². The lowest BCUT2D eigenvalue weighted by Gasteiger charge is -2.22. The van der Waals surface area contributed by atoms with Gasteiger partial charge in [-0.1, -0.05) is 31.5 Å². The molecule has 0 saturated heterocycles. The van der Waals surface area contributed by atoms with E-state index in [-0.39, 0.29) is 6.04 Å². The molecule has 1 unspecified atom stereocenters. The zero-order valence-corrected chi connectivity index (χ0v) is 14.4. The number of alkyl halides is 1. The Balaban J connectivity index is 2.25. The van der Waals surface area contributed by atoms with Gasteiger partial charge in [0.15, 0.2) is 0 Å². The fourth-order valence-electron chi connectivity index (χ4n) is 2.32. The molecule has 1 aromatic carbocycles. The van der Waals surface area contributed by atoms with E-state index in [1.807, 2.05) is 20.2 Å². The first kappa shape index (κ1) is 17.0. The molecule has 0 fully saturated rings. The molecule has 2 rings (SSSR count). The van der Waals surface area contributed by atoms with Crippen LogP contribution in [0.4, 0.5) is 0 Å². The number of fused-ring (bicyclic) bond motifs is 1. The van der Waals surface area contributed by atoms with E-state index in [0.29, 0.717) is 12.5 Å². The number of aryl methyl sites for hydroxylation is 1. The Kier molecular flexibility index (Phi) is 6.47. The average molecular weight is 321 g/mol. The highest BCUT2D eigenvalue weighted by atomic mass is 35.5. The zero-order chi connectivity index (χ0) is 15.9. The van der Waals surface area contributed by atoms with Crippen molar-refractivity contribution in [1.82, 2.24) is 9.88 Å². The van der Waals surface area contributed by atoms with Crippen molar-refractivity contribution in [3.63, 3.8) is 0 Å². The van der Waals surface area contributed by atoms with Crippen LogP contribution in [0.3, 0.4) is 0 Å². The maximum absolute atomic E-state index is 6.02. The molecule has 1 heterocycles. The molecule has 0 saturated carbocycles. The number of rotatable bonds is 8. The van der Waals surface area contributed by atoms with E-state index in [4.69, 9.17) is 21.3 Å². The first-order chi connectivity index (χ1) is 10.7. The monoisotopic (exact) mass is 320 g/mol. The molecule has 4 heteroatoms. The normalized spacial score (nSPS) is 12.8. The minimum Gasteiger partial charge on any atom is -0.476 e.